The number of oxime groups is 1. The van der Waals surface area contributed by atoms with Gasteiger partial charge in [0.15, 0.2) is 18.1 Å². The minimum Gasteiger partial charge on any atom is -0.493 e. The molecule has 0 saturated heterocycles. The smallest absolute Gasteiger partial charge is 0.265 e. The second-order valence-electron chi connectivity index (χ2n) is 6.51. The number of ether oxygens (including phenoxy) is 2. The minimum atomic E-state index is -0.346. The van der Waals surface area contributed by atoms with Crippen LogP contribution in [-0.2, 0) is 16.2 Å². The van der Waals surface area contributed by atoms with Crippen molar-refractivity contribution >= 4 is 52.0 Å². The Hall–Kier alpha value is -2.85. The predicted octanol–water partition coefficient (Wildman–Crippen LogP) is 5.66. The summed E-state index contributed by atoms with van der Waals surface area (Å²) in [7, 11) is 1.54. The van der Waals surface area contributed by atoms with Crippen molar-refractivity contribution in [2.45, 2.75) is 6.61 Å². The number of anilines is 1. The van der Waals surface area contributed by atoms with E-state index in [1.54, 1.807) is 42.5 Å². The molecule has 0 bridgehead atoms. The Labute approximate surface area is 203 Å². The molecule has 0 unspecified atom stereocenters. The number of halogens is 3. The Morgan fingerprint density at radius 2 is 1.88 bits per heavy atom. The summed E-state index contributed by atoms with van der Waals surface area (Å²) in [6.45, 7) is 0.0259. The molecule has 0 saturated carbocycles. The number of hydrogen-bond acceptors (Lipinski definition) is 5. The van der Waals surface area contributed by atoms with Crippen LogP contribution in [0.2, 0.25) is 5.02 Å². The summed E-state index contributed by atoms with van der Waals surface area (Å²) in [6, 6.07) is 16.4. The van der Waals surface area contributed by atoms with E-state index in [4.69, 9.17) is 25.9 Å². The van der Waals surface area contributed by atoms with Crippen LogP contribution in [-0.4, -0.2) is 25.8 Å². The molecule has 6 nitrogen and oxygen atoms in total. The molecule has 0 spiro atoms. The number of benzene rings is 3. The Morgan fingerprint density at radius 3 is 2.56 bits per heavy atom. The number of carbonyl (C=O) groups is 1. The summed E-state index contributed by atoms with van der Waals surface area (Å²) in [5.74, 6) is 0.439. The molecule has 0 aliphatic rings. The van der Waals surface area contributed by atoms with Gasteiger partial charge in [-0.3, -0.25) is 4.79 Å². The number of nitrogens with one attached hydrogen (secondary N) is 1. The second-order valence-corrected chi connectivity index (χ2v) is 8.11. The molecule has 3 rings (SSSR count). The molecule has 0 aliphatic carbocycles. The third kappa shape index (κ3) is 7.10. The fourth-order valence-corrected chi connectivity index (χ4v) is 3.52. The van der Waals surface area contributed by atoms with E-state index in [2.05, 4.69) is 33.1 Å². The topological polar surface area (TPSA) is 69.2 Å². The largest absolute Gasteiger partial charge is 0.493 e. The molecule has 166 valence electrons. The molecule has 3 aromatic carbocycles. The van der Waals surface area contributed by atoms with Crippen LogP contribution >= 0.6 is 34.2 Å². The van der Waals surface area contributed by atoms with Crippen molar-refractivity contribution < 1.29 is 23.5 Å². The van der Waals surface area contributed by atoms with E-state index in [1.807, 2.05) is 6.07 Å². The van der Waals surface area contributed by atoms with Crippen molar-refractivity contribution in [1.82, 2.24) is 0 Å². The monoisotopic (exact) mass is 568 g/mol. The Bertz CT molecular complexity index is 1090. The van der Waals surface area contributed by atoms with Gasteiger partial charge in [0.25, 0.3) is 5.91 Å². The number of rotatable bonds is 9. The van der Waals surface area contributed by atoms with Gasteiger partial charge in [-0.05, 0) is 76.7 Å². The van der Waals surface area contributed by atoms with E-state index in [0.717, 1.165) is 9.13 Å². The van der Waals surface area contributed by atoms with Crippen molar-refractivity contribution in [1.29, 1.82) is 0 Å². The van der Waals surface area contributed by atoms with Crippen molar-refractivity contribution in [2.75, 3.05) is 19.0 Å². The number of nitrogens with zero attached hydrogens (tertiary/aromatic N) is 1. The lowest BCUT2D eigenvalue weighted by Gasteiger charge is -2.13. The van der Waals surface area contributed by atoms with Gasteiger partial charge in [-0.25, -0.2) is 4.39 Å². The lowest BCUT2D eigenvalue weighted by atomic mass is 10.2. The predicted molar refractivity (Wildman–Crippen MR) is 130 cm³/mol. The summed E-state index contributed by atoms with van der Waals surface area (Å²) < 4.78 is 25.1. The average molecular weight is 569 g/mol. The van der Waals surface area contributed by atoms with E-state index in [1.165, 1.54) is 25.5 Å². The zero-order valence-corrected chi connectivity index (χ0v) is 19.9. The molecule has 0 aromatic heterocycles. The highest BCUT2D eigenvalue weighted by Gasteiger charge is 2.12. The van der Waals surface area contributed by atoms with Gasteiger partial charge >= 0.3 is 0 Å². The van der Waals surface area contributed by atoms with E-state index in [-0.39, 0.29) is 24.9 Å². The summed E-state index contributed by atoms with van der Waals surface area (Å²) >= 11 is 7.94. The van der Waals surface area contributed by atoms with Crippen molar-refractivity contribution in [2.24, 2.45) is 5.16 Å². The highest BCUT2D eigenvalue weighted by atomic mass is 127. The van der Waals surface area contributed by atoms with E-state index in [0.29, 0.717) is 27.8 Å². The fraction of sp³-hybridized carbons (Fsp3) is 0.130. The molecule has 0 aliphatic heterocycles. The van der Waals surface area contributed by atoms with E-state index < -0.39 is 0 Å². The summed E-state index contributed by atoms with van der Waals surface area (Å²) in [5.41, 5.74) is 2.15. The zero-order valence-electron chi connectivity index (χ0n) is 17.0. The molecule has 1 N–H and O–H groups in total. The molecule has 1 amide bonds. The Morgan fingerprint density at radius 1 is 1.16 bits per heavy atom. The molecule has 32 heavy (non-hydrogen) atoms. The third-order valence-corrected chi connectivity index (χ3v) is 5.20. The van der Waals surface area contributed by atoms with Gasteiger partial charge in [0.2, 0.25) is 0 Å². The minimum absolute atomic E-state index is 0.244. The van der Waals surface area contributed by atoms with Crippen LogP contribution in [0.15, 0.2) is 65.8 Å². The maximum absolute atomic E-state index is 13.0. The van der Waals surface area contributed by atoms with Crippen LogP contribution in [0.5, 0.6) is 11.5 Å². The molecule has 0 atom stereocenters. The number of amides is 1. The van der Waals surface area contributed by atoms with Gasteiger partial charge in [0, 0.05) is 16.3 Å². The molecule has 0 radical (unpaired) electrons. The SMILES string of the molecule is COc1cc(/C=N/OCC(=O)Nc2ccc(Cl)cc2)cc(I)c1OCc1ccc(F)cc1. The number of carbonyl (C=O) groups excluding carboxylic acids is 1. The number of hydrogen-bond donors (Lipinski definition) is 1. The first kappa shape index (κ1) is 23.8. The van der Waals surface area contributed by atoms with E-state index in [9.17, 15) is 9.18 Å². The average Bonchev–Trinajstić information content (AvgIpc) is 2.78. The molecule has 0 heterocycles. The normalized spacial score (nSPS) is 10.8. The standard InChI is InChI=1S/C23H19ClFIN2O4/c1-30-21-11-16(10-20(26)23(21)31-13-15-2-6-18(25)7-3-15)12-27-32-14-22(29)28-19-8-4-17(24)5-9-19/h2-12H,13-14H2,1H3,(H,28,29)/b27-12+. The lowest BCUT2D eigenvalue weighted by Crippen LogP contribution is -2.16. The molecule has 9 heteroatoms. The van der Waals surface area contributed by atoms with Crippen molar-refractivity contribution in [3.05, 3.63) is 86.2 Å². The highest BCUT2D eigenvalue weighted by Crippen LogP contribution is 2.34. The highest BCUT2D eigenvalue weighted by molar-refractivity contribution is 14.1. The maximum atomic E-state index is 13.0. The first-order valence-electron chi connectivity index (χ1n) is 9.40. The van der Waals surface area contributed by atoms with Crippen molar-refractivity contribution in [3.8, 4) is 11.5 Å². The Balaban J connectivity index is 1.56. The van der Waals surface area contributed by atoms with Gasteiger partial charge in [0.1, 0.15) is 12.4 Å². The second kappa shape index (κ2) is 11.7. The first-order valence-corrected chi connectivity index (χ1v) is 10.9. The summed E-state index contributed by atoms with van der Waals surface area (Å²) in [4.78, 5) is 17.0. The quantitative estimate of drug-likeness (QED) is 0.206. The van der Waals surface area contributed by atoms with Crippen LogP contribution in [0.25, 0.3) is 0 Å². The Kier molecular flexibility index (Phi) is 8.69. The van der Waals surface area contributed by atoms with Gasteiger partial charge in [-0.2, -0.15) is 0 Å². The van der Waals surface area contributed by atoms with Crippen LogP contribution < -0.4 is 14.8 Å². The van der Waals surface area contributed by atoms with Crippen LogP contribution in [0.1, 0.15) is 11.1 Å². The van der Waals surface area contributed by atoms with Crippen LogP contribution in [0.4, 0.5) is 10.1 Å². The summed E-state index contributed by atoms with van der Waals surface area (Å²) in [6.07, 6.45) is 1.48. The van der Waals surface area contributed by atoms with Crippen molar-refractivity contribution in [3.63, 3.8) is 0 Å². The van der Waals surface area contributed by atoms with Gasteiger partial charge in [0.05, 0.1) is 16.9 Å². The van der Waals surface area contributed by atoms with Crippen LogP contribution in [0.3, 0.4) is 0 Å². The maximum Gasteiger partial charge on any atom is 0.265 e. The lowest BCUT2D eigenvalue weighted by molar-refractivity contribution is -0.120. The fourth-order valence-electron chi connectivity index (χ4n) is 2.61. The zero-order chi connectivity index (χ0) is 22.9. The van der Waals surface area contributed by atoms with Gasteiger partial charge in [-0.1, -0.05) is 28.9 Å². The van der Waals surface area contributed by atoms with E-state index >= 15 is 0 Å². The first-order chi connectivity index (χ1) is 15.4. The third-order valence-electron chi connectivity index (χ3n) is 4.15. The van der Waals surface area contributed by atoms with Gasteiger partial charge in [-0.15, -0.1) is 0 Å². The molecule has 0 fully saturated rings. The molecular formula is C23H19ClFIN2O4. The molecule has 3 aromatic rings. The summed E-state index contributed by atoms with van der Waals surface area (Å²) in [5, 5.41) is 7.11. The number of methoxy groups -OCH3 is 1. The van der Waals surface area contributed by atoms with Gasteiger partial charge < -0.3 is 19.6 Å². The molecular weight excluding hydrogens is 550 g/mol. The van der Waals surface area contributed by atoms with Crippen LogP contribution in [0, 0.1) is 9.39 Å².